The number of hydrogen-bond donors (Lipinski definition) is 1. The second kappa shape index (κ2) is 5.81. The Balaban J connectivity index is 1.86. The van der Waals surface area contributed by atoms with E-state index in [0.717, 1.165) is 11.1 Å². The number of carbonyl (C=O) groups excluding carboxylic acids is 1. The number of esters is 1. The summed E-state index contributed by atoms with van der Waals surface area (Å²) in [6.45, 7) is 0. The molecule has 0 unspecified atom stereocenters. The molecule has 0 spiro atoms. The number of halogens is 1. The van der Waals surface area contributed by atoms with Gasteiger partial charge in [-0.1, -0.05) is 17.7 Å². The third-order valence-corrected chi connectivity index (χ3v) is 3.20. The van der Waals surface area contributed by atoms with E-state index in [-0.39, 0.29) is 0 Å². The summed E-state index contributed by atoms with van der Waals surface area (Å²) in [4.78, 5) is 19.2. The average molecular weight is 299 g/mol. The zero-order valence-corrected chi connectivity index (χ0v) is 11.7. The number of rotatable bonds is 3. The molecule has 0 atom stereocenters. The molecular formula is C16H11ClN2O2. The number of nitrogens with zero attached hydrogens (tertiary/aromatic N) is 1. The number of aromatic nitrogens is 2. The van der Waals surface area contributed by atoms with Crippen LogP contribution in [0, 0.1) is 0 Å². The summed E-state index contributed by atoms with van der Waals surface area (Å²) in [6.07, 6.45) is 5.07. The van der Waals surface area contributed by atoms with E-state index in [1.165, 1.54) is 0 Å². The summed E-state index contributed by atoms with van der Waals surface area (Å²) in [6, 6.07) is 12.1. The van der Waals surface area contributed by atoms with Crippen LogP contribution in [0.25, 0.3) is 11.1 Å². The van der Waals surface area contributed by atoms with Gasteiger partial charge in [-0.2, -0.15) is 0 Å². The van der Waals surface area contributed by atoms with Gasteiger partial charge in [-0.15, -0.1) is 0 Å². The number of hydrogen-bond acceptors (Lipinski definition) is 3. The van der Waals surface area contributed by atoms with Gasteiger partial charge in [-0.05, 0) is 36.4 Å². The number of ether oxygens (including phenoxy) is 1. The quantitative estimate of drug-likeness (QED) is 0.588. The first kappa shape index (κ1) is 13.4. The molecule has 0 saturated heterocycles. The first-order chi connectivity index (χ1) is 10.2. The van der Waals surface area contributed by atoms with Gasteiger partial charge in [0.05, 0.1) is 0 Å². The fourth-order valence-electron chi connectivity index (χ4n) is 1.96. The van der Waals surface area contributed by atoms with Gasteiger partial charge < -0.3 is 9.72 Å². The number of H-pyrrole nitrogens is 1. The molecule has 0 saturated carbocycles. The fourth-order valence-corrected chi connectivity index (χ4v) is 2.09. The van der Waals surface area contributed by atoms with E-state index < -0.39 is 5.97 Å². The number of pyridine rings is 1. The maximum atomic E-state index is 12.2. The van der Waals surface area contributed by atoms with E-state index >= 15 is 0 Å². The van der Waals surface area contributed by atoms with Gasteiger partial charge in [0, 0.05) is 34.7 Å². The van der Waals surface area contributed by atoms with Crippen molar-refractivity contribution >= 4 is 17.6 Å². The second-order valence-corrected chi connectivity index (χ2v) is 4.79. The van der Waals surface area contributed by atoms with Gasteiger partial charge in [0.15, 0.2) is 0 Å². The van der Waals surface area contributed by atoms with Gasteiger partial charge in [-0.25, -0.2) is 4.79 Å². The molecule has 3 rings (SSSR count). The van der Waals surface area contributed by atoms with Crippen LogP contribution in [0.4, 0.5) is 0 Å². The van der Waals surface area contributed by atoms with Gasteiger partial charge in [0.25, 0.3) is 0 Å². The minimum Gasteiger partial charge on any atom is -0.422 e. The highest BCUT2D eigenvalue weighted by atomic mass is 35.5. The molecule has 2 aromatic heterocycles. The summed E-state index contributed by atoms with van der Waals surface area (Å²) in [5, 5.41) is 0.589. The average Bonchev–Trinajstić information content (AvgIpc) is 3.00. The molecule has 0 aliphatic carbocycles. The molecule has 2 heterocycles. The minimum atomic E-state index is -0.457. The van der Waals surface area contributed by atoms with Gasteiger partial charge >= 0.3 is 5.97 Å². The normalized spacial score (nSPS) is 10.3. The molecule has 21 heavy (non-hydrogen) atoms. The third-order valence-electron chi connectivity index (χ3n) is 2.95. The molecular weight excluding hydrogens is 288 g/mol. The lowest BCUT2D eigenvalue weighted by Crippen LogP contribution is -2.10. The Morgan fingerprint density at radius 1 is 1.14 bits per heavy atom. The van der Waals surface area contributed by atoms with Crippen LogP contribution >= 0.6 is 11.6 Å². The number of benzene rings is 1. The first-order valence-electron chi connectivity index (χ1n) is 6.29. The highest BCUT2D eigenvalue weighted by molar-refractivity contribution is 6.30. The monoisotopic (exact) mass is 298 g/mol. The fraction of sp³-hybridized carbons (Fsp3) is 0. The van der Waals surface area contributed by atoms with E-state index in [0.29, 0.717) is 16.5 Å². The number of aromatic amines is 1. The van der Waals surface area contributed by atoms with E-state index in [1.54, 1.807) is 42.9 Å². The van der Waals surface area contributed by atoms with Crippen LogP contribution in [-0.2, 0) is 0 Å². The van der Waals surface area contributed by atoms with Crippen molar-refractivity contribution in [1.82, 2.24) is 9.97 Å². The molecule has 0 aliphatic heterocycles. The number of nitrogens with one attached hydrogen (secondary N) is 1. The lowest BCUT2D eigenvalue weighted by molar-refractivity contribution is 0.0730. The van der Waals surface area contributed by atoms with E-state index in [1.807, 2.05) is 18.2 Å². The predicted octanol–water partition coefficient (Wildman–Crippen LogP) is 3.95. The molecule has 0 amide bonds. The first-order valence-corrected chi connectivity index (χ1v) is 6.67. The van der Waals surface area contributed by atoms with Crippen molar-refractivity contribution in [1.29, 1.82) is 0 Å². The Bertz CT molecular complexity index is 751. The Morgan fingerprint density at radius 2 is 1.95 bits per heavy atom. The Kier molecular flexibility index (Phi) is 3.71. The maximum Gasteiger partial charge on any atom is 0.360 e. The molecule has 1 N–H and O–H groups in total. The molecule has 104 valence electrons. The molecule has 3 aromatic rings. The van der Waals surface area contributed by atoms with E-state index in [4.69, 9.17) is 16.3 Å². The number of carbonyl (C=O) groups is 1. The maximum absolute atomic E-state index is 12.2. The van der Waals surface area contributed by atoms with Crippen molar-refractivity contribution in [3.63, 3.8) is 0 Å². The second-order valence-electron chi connectivity index (χ2n) is 4.35. The molecule has 5 heteroatoms. The van der Waals surface area contributed by atoms with Gasteiger partial charge in [0.2, 0.25) is 0 Å². The van der Waals surface area contributed by atoms with Crippen molar-refractivity contribution < 1.29 is 9.53 Å². The Morgan fingerprint density at radius 3 is 2.67 bits per heavy atom. The van der Waals surface area contributed by atoms with Crippen molar-refractivity contribution in [2.75, 3.05) is 0 Å². The van der Waals surface area contributed by atoms with Crippen molar-refractivity contribution in [2.24, 2.45) is 0 Å². The van der Waals surface area contributed by atoms with Crippen molar-refractivity contribution in [3.8, 4) is 16.9 Å². The highest BCUT2D eigenvalue weighted by Crippen LogP contribution is 2.24. The SMILES string of the molecule is O=C(Oc1ccc(Cl)cc1)c1[nH]ccc1-c1cccnc1. The van der Waals surface area contributed by atoms with Crippen LogP contribution in [0.5, 0.6) is 5.75 Å². The zero-order chi connectivity index (χ0) is 14.7. The van der Waals surface area contributed by atoms with Gasteiger partial charge in [-0.3, -0.25) is 4.98 Å². The molecule has 1 aromatic carbocycles. The van der Waals surface area contributed by atoms with Crippen LogP contribution in [0.1, 0.15) is 10.5 Å². The molecule has 0 radical (unpaired) electrons. The van der Waals surface area contributed by atoms with E-state index in [2.05, 4.69) is 9.97 Å². The highest BCUT2D eigenvalue weighted by Gasteiger charge is 2.16. The summed E-state index contributed by atoms with van der Waals surface area (Å²) >= 11 is 5.80. The van der Waals surface area contributed by atoms with Crippen LogP contribution < -0.4 is 4.74 Å². The summed E-state index contributed by atoms with van der Waals surface area (Å²) < 4.78 is 5.33. The zero-order valence-electron chi connectivity index (χ0n) is 10.9. The lowest BCUT2D eigenvalue weighted by Gasteiger charge is -2.05. The lowest BCUT2D eigenvalue weighted by atomic mass is 10.1. The van der Waals surface area contributed by atoms with Crippen LogP contribution in [-0.4, -0.2) is 15.9 Å². The smallest absolute Gasteiger partial charge is 0.360 e. The van der Waals surface area contributed by atoms with Crippen molar-refractivity contribution in [2.45, 2.75) is 0 Å². The van der Waals surface area contributed by atoms with Crippen LogP contribution in [0.15, 0.2) is 61.1 Å². The van der Waals surface area contributed by atoms with Gasteiger partial charge in [0.1, 0.15) is 11.4 Å². The summed E-state index contributed by atoms with van der Waals surface area (Å²) in [5.74, 6) is -0.0164. The van der Waals surface area contributed by atoms with E-state index in [9.17, 15) is 4.79 Å². The van der Waals surface area contributed by atoms with Crippen molar-refractivity contribution in [3.05, 3.63) is 71.8 Å². The Hall–Kier alpha value is -2.59. The molecule has 0 aliphatic rings. The minimum absolute atomic E-state index is 0.387. The Labute approximate surface area is 126 Å². The largest absolute Gasteiger partial charge is 0.422 e. The standard InChI is InChI=1S/C16H11ClN2O2/c17-12-3-5-13(6-4-12)21-16(20)15-14(7-9-19-15)11-2-1-8-18-10-11/h1-10,19H. The third kappa shape index (κ3) is 2.95. The summed E-state index contributed by atoms with van der Waals surface area (Å²) in [5.41, 5.74) is 1.99. The van der Waals surface area contributed by atoms with Crippen LogP contribution in [0.3, 0.4) is 0 Å². The topological polar surface area (TPSA) is 55.0 Å². The predicted molar refractivity (Wildman–Crippen MR) is 80.4 cm³/mol. The summed E-state index contributed by atoms with van der Waals surface area (Å²) in [7, 11) is 0. The molecule has 0 bridgehead atoms. The molecule has 0 fully saturated rings. The van der Waals surface area contributed by atoms with Crippen LogP contribution in [0.2, 0.25) is 5.02 Å². The molecule has 4 nitrogen and oxygen atoms in total.